The van der Waals surface area contributed by atoms with Gasteiger partial charge in [0.1, 0.15) is 11.6 Å². The Morgan fingerprint density at radius 2 is 1.92 bits per heavy atom. The van der Waals surface area contributed by atoms with Gasteiger partial charge in [-0.2, -0.15) is 0 Å². The average molecular weight is 379 g/mol. The van der Waals surface area contributed by atoms with Crippen molar-refractivity contribution in [3.63, 3.8) is 0 Å². The first-order valence-corrected chi connectivity index (χ1v) is 9.54. The SMILES string of the molecule is O=S(=O)(Nc1nccs1)c1ccc(NCc2cc(F)ccc2O)cc1. The standard InChI is InChI=1S/C16H14FN3O3S2/c17-12-1-6-15(21)11(9-12)10-19-13-2-4-14(5-3-13)25(22,23)20-16-18-7-8-24-16/h1-9,19,21H,10H2,(H,18,20). The van der Waals surface area contributed by atoms with Crippen molar-refractivity contribution in [3.8, 4) is 5.75 Å². The highest BCUT2D eigenvalue weighted by molar-refractivity contribution is 7.93. The molecule has 3 N–H and O–H groups in total. The van der Waals surface area contributed by atoms with E-state index in [1.54, 1.807) is 17.5 Å². The Hall–Kier alpha value is -2.65. The number of phenols is 1. The van der Waals surface area contributed by atoms with Gasteiger partial charge in [0.15, 0.2) is 5.13 Å². The van der Waals surface area contributed by atoms with Gasteiger partial charge in [0.2, 0.25) is 0 Å². The topological polar surface area (TPSA) is 91.3 Å². The van der Waals surface area contributed by atoms with Crippen LogP contribution in [-0.4, -0.2) is 18.5 Å². The Morgan fingerprint density at radius 3 is 2.60 bits per heavy atom. The number of aromatic hydroxyl groups is 1. The van der Waals surface area contributed by atoms with E-state index in [9.17, 15) is 17.9 Å². The van der Waals surface area contributed by atoms with Gasteiger partial charge < -0.3 is 10.4 Å². The summed E-state index contributed by atoms with van der Waals surface area (Å²) in [6.07, 6.45) is 1.51. The largest absolute Gasteiger partial charge is 0.508 e. The van der Waals surface area contributed by atoms with Crippen LogP contribution in [0.2, 0.25) is 0 Å². The Balaban J connectivity index is 1.69. The van der Waals surface area contributed by atoms with Gasteiger partial charge >= 0.3 is 0 Å². The van der Waals surface area contributed by atoms with Crippen molar-refractivity contribution in [1.29, 1.82) is 0 Å². The molecule has 0 aliphatic rings. The molecular weight excluding hydrogens is 365 g/mol. The van der Waals surface area contributed by atoms with Crippen LogP contribution in [0.1, 0.15) is 5.56 Å². The Bertz CT molecular complexity index is 959. The first kappa shape index (κ1) is 17.2. The molecule has 0 amide bonds. The van der Waals surface area contributed by atoms with Crippen molar-refractivity contribution in [2.45, 2.75) is 11.4 Å². The highest BCUT2D eigenvalue weighted by Crippen LogP contribution is 2.22. The maximum Gasteiger partial charge on any atom is 0.263 e. The van der Waals surface area contributed by atoms with Crippen molar-refractivity contribution in [1.82, 2.24) is 4.98 Å². The van der Waals surface area contributed by atoms with Gasteiger partial charge in [-0.15, -0.1) is 11.3 Å². The third kappa shape index (κ3) is 4.25. The van der Waals surface area contributed by atoms with Crippen molar-refractivity contribution >= 4 is 32.2 Å². The number of rotatable bonds is 6. The molecule has 2 aromatic carbocycles. The number of anilines is 2. The predicted octanol–water partition coefficient (Wildman–Crippen LogP) is 3.40. The van der Waals surface area contributed by atoms with E-state index in [1.165, 1.54) is 47.9 Å². The fraction of sp³-hybridized carbons (Fsp3) is 0.0625. The smallest absolute Gasteiger partial charge is 0.263 e. The van der Waals surface area contributed by atoms with Crippen molar-refractivity contribution in [2.24, 2.45) is 0 Å². The number of hydrogen-bond donors (Lipinski definition) is 3. The predicted molar refractivity (Wildman–Crippen MR) is 94.8 cm³/mol. The van der Waals surface area contributed by atoms with Crippen LogP contribution in [0.5, 0.6) is 5.75 Å². The van der Waals surface area contributed by atoms with Gasteiger partial charge in [0.25, 0.3) is 10.0 Å². The van der Waals surface area contributed by atoms with E-state index in [0.717, 1.165) is 0 Å². The molecule has 0 aliphatic heterocycles. The molecule has 1 heterocycles. The number of hydrogen-bond acceptors (Lipinski definition) is 6. The number of nitrogens with zero attached hydrogens (tertiary/aromatic N) is 1. The maximum absolute atomic E-state index is 13.2. The average Bonchev–Trinajstić information content (AvgIpc) is 3.08. The lowest BCUT2D eigenvalue weighted by Gasteiger charge is -2.10. The highest BCUT2D eigenvalue weighted by Gasteiger charge is 2.15. The molecule has 6 nitrogen and oxygen atoms in total. The fourth-order valence-corrected chi connectivity index (χ4v) is 3.88. The lowest BCUT2D eigenvalue weighted by molar-refractivity contribution is 0.466. The van der Waals surface area contributed by atoms with Crippen LogP contribution >= 0.6 is 11.3 Å². The molecule has 3 aromatic rings. The summed E-state index contributed by atoms with van der Waals surface area (Å²) in [7, 11) is -3.70. The Labute approximate surface area is 148 Å². The van der Waals surface area contributed by atoms with Gasteiger partial charge in [-0.25, -0.2) is 17.8 Å². The zero-order valence-electron chi connectivity index (χ0n) is 12.8. The first-order chi connectivity index (χ1) is 11.9. The van der Waals surface area contributed by atoms with Crippen LogP contribution in [-0.2, 0) is 16.6 Å². The van der Waals surface area contributed by atoms with Crippen LogP contribution in [0.3, 0.4) is 0 Å². The molecular formula is C16H14FN3O3S2. The van der Waals surface area contributed by atoms with Crippen molar-refractivity contribution < 1.29 is 17.9 Å². The molecule has 0 unspecified atom stereocenters. The Kier molecular flexibility index (Phi) is 4.86. The normalized spacial score (nSPS) is 11.2. The minimum absolute atomic E-state index is 0.0132. The molecule has 0 radical (unpaired) electrons. The summed E-state index contributed by atoms with van der Waals surface area (Å²) >= 11 is 1.19. The summed E-state index contributed by atoms with van der Waals surface area (Å²) in [4.78, 5) is 3.98. The lowest BCUT2D eigenvalue weighted by atomic mass is 10.2. The molecule has 25 heavy (non-hydrogen) atoms. The number of halogens is 1. The number of phenolic OH excluding ortho intramolecular Hbond substituents is 1. The summed E-state index contributed by atoms with van der Waals surface area (Å²) in [6.45, 7) is 0.201. The summed E-state index contributed by atoms with van der Waals surface area (Å²) in [5.74, 6) is -0.454. The third-order valence-corrected chi connectivity index (χ3v) is 5.52. The number of sulfonamides is 1. The van der Waals surface area contributed by atoms with E-state index in [1.807, 2.05) is 0 Å². The van der Waals surface area contributed by atoms with E-state index in [-0.39, 0.29) is 17.2 Å². The summed E-state index contributed by atoms with van der Waals surface area (Å²) < 4.78 is 40.1. The molecule has 0 aliphatic carbocycles. The summed E-state index contributed by atoms with van der Waals surface area (Å²) in [6, 6.07) is 9.77. The van der Waals surface area contributed by atoms with Crippen LogP contribution in [0.25, 0.3) is 0 Å². The molecule has 0 spiro atoms. The molecule has 0 bridgehead atoms. The highest BCUT2D eigenvalue weighted by atomic mass is 32.2. The second-order valence-corrected chi connectivity index (χ2v) is 7.67. The monoisotopic (exact) mass is 379 g/mol. The van der Waals surface area contributed by atoms with Crippen LogP contribution in [0.4, 0.5) is 15.2 Å². The van der Waals surface area contributed by atoms with E-state index in [4.69, 9.17) is 0 Å². The molecule has 130 valence electrons. The lowest BCUT2D eigenvalue weighted by Crippen LogP contribution is -2.12. The summed E-state index contributed by atoms with van der Waals surface area (Å²) in [5, 5.41) is 14.7. The van der Waals surface area contributed by atoms with Gasteiger partial charge in [-0.05, 0) is 42.5 Å². The molecule has 9 heteroatoms. The molecule has 0 fully saturated rings. The number of aromatic nitrogens is 1. The molecule has 3 rings (SSSR count). The minimum Gasteiger partial charge on any atom is -0.508 e. The minimum atomic E-state index is -3.70. The summed E-state index contributed by atoms with van der Waals surface area (Å²) in [5.41, 5.74) is 1.04. The van der Waals surface area contributed by atoms with Gasteiger partial charge in [0.05, 0.1) is 4.90 Å². The molecule has 0 atom stereocenters. The molecule has 0 saturated heterocycles. The van der Waals surface area contributed by atoms with Gasteiger partial charge in [0, 0.05) is 29.4 Å². The van der Waals surface area contributed by atoms with E-state index in [2.05, 4.69) is 15.0 Å². The molecule has 0 saturated carbocycles. The zero-order valence-corrected chi connectivity index (χ0v) is 14.4. The fourth-order valence-electron chi connectivity index (χ4n) is 2.09. The van der Waals surface area contributed by atoms with Crippen molar-refractivity contribution in [2.75, 3.05) is 10.0 Å². The first-order valence-electron chi connectivity index (χ1n) is 7.18. The van der Waals surface area contributed by atoms with Crippen LogP contribution in [0, 0.1) is 5.82 Å². The van der Waals surface area contributed by atoms with E-state index >= 15 is 0 Å². The van der Waals surface area contributed by atoms with Crippen LogP contribution < -0.4 is 10.0 Å². The second-order valence-electron chi connectivity index (χ2n) is 5.09. The molecule has 1 aromatic heterocycles. The third-order valence-electron chi connectivity index (χ3n) is 3.34. The Morgan fingerprint density at radius 1 is 1.16 bits per heavy atom. The van der Waals surface area contributed by atoms with E-state index in [0.29, 0.717) is 16.4 Å². The zero-order chi connectivity index (χ0) is 17.9. The second kappa shape index (κ2) is 7.08. The van der Waals surface area contributed by atoms with Crippen LogP contribution in [0.15, 0.2) is 58.9 Å². The van der Waals surface area contributed by atoms with Gasteiger partial charge in [-0.1, -0.05) is 0 Å². The van der Waals surface area contributed by atoms with Crippen molar-refractivity contribution in [3.05, 3.63) is 65.4 Å². The quantitative estimate of drug-likeness (QED) is 0.611. The van der Waals surface area contributed by atoms with Gasteiger partial charge in [-0.3, -0.25) is 4.72 Å². The van der Waals surface area contributed by atoms with E-state index < -0.39 is 15.8 Å². The number of nitrogens with one attached hydrogen (secondary N) is 2. The number of benzene rings is 2. The maximum atomic E-state index is 13.2. The number of thiazole rings is 1.